The zero-order valence-corrected chi connectivity index (χ0v) is 11.6. The standard InChI is InChI=1S/C14H21NOS/c1-10(2)17-9-13(15-3)12-6-4-5-11-7-8-16-14(11)12/h4-6,10,13,15H,7-9H2,1-3H3. The Kier molecular flexibility index (Phi) is 4.35. The smallest absolute Gasteiger partial charge is 0.127 e. The summed E-state index contributed by atoms with van der Waals surface area (Å²) in [6.07, 6.45) is 1.05. The summed E-state index contributed by atoms with van der Waals surface area (Å²) in [5.41, 5.74) is 2.67. The predicted octanol–water partition coefficient (Wildman–Crippen LogP) is 3.02. The third-order valence-electron chi connectivity index (χ3n) is 3.06. The molecule has 1 aromatic carbocycles. The van der Waals surface area contributed by atoms with Gasteiger partial charge in [0.1, 0.15) is 5.75 Å². The fraction of sp³-hybridized carbons (Fsp3) is 0.571. The van der Waals surface area contributed by atoms with Gasteiger partial charge in [0.05, 0.1) is 6.61 Å². The lowest BCUT2D eigenvalue weighted by atomic mass is 10.0. The molecule has 17 heavy (non-hydrogen) atoms. The molecule has 3 heteroatoms. The van der Waals surface area contributed by atoms with E-state index < -0.39 is 0 Å². The Hall–Kier alpha value is -0.670. The van der Waals surface area contributed by atoms with Crippen molar-refractivity contribution in [2.75, 3.05) is 19.4 Å². The highest BCUT2D eigenvalue weighted by molar-refractivity contribution is 7.99. The quantitative estimate of drug-likeness (QED) is 0.869. The second-order valence-electron chi connectivity index (χ2n) is 4.66. The first kappa shape index (κ1) is 12.8. The van der Waals surface area contributed by atoms with Crippen LogP contribution in [0, 0.1) is 0 Å². The van der Waals surface area contributed by atoms with E-state index in [2.05, 4.69) is 37.4 Å². The topological polar surface area (TPSA) is 21.3 Å². The predicted molar refractivity (Wildman–Crippen MR) is 75.0 cm³/mol. The second-order valence-corrected chi connectivity index (χ2v) is 6.27. The molecule has 1 heterocycles. The van der Waals surface area contributed by atoms with Crippen LogP contribution in [0.1, 0.15) is 31.0 Å². The molecule has 0 amide bonds. The summed E-state index contributed by atoms with van der Waals surface area (Å²) in [5, 5.41) is 4.07. The molecule has 0 saturated carbocycles. The van der Waals surface area contributed by atoms with Crippen molar-refractivity contribution in [3.05, 3.63) is 29.3 Å². The average Bonchev–Trinajstić information content (AvgIpc) is 2.78. The van der Waals surface area contributed by atoms with Crippen LogP contribution >= 0.6 is 11.8 Å². The second kappa shape index (κ2) is 5.78. The molecule has 1 aliphatic rings. The number of hydrogen-bond acceptors (Lipinski definition) is 3. The summed E-state index contributed by atoms with van der Waals surface area (Å²) < 4.78 is 5.77. The van der Waals surface area contributed by atoms with Crippen LogP contribution in [0.25, 0.3) is 0 Å². The molecule has 0 radical (unpaired) electrons. The van der Waals surface area contributed by atoms with E-state index in [0.717, 1.165) is 24.5 Å². The molecule has 0 aliphatic carbocycles. The van der Waals surface area contributed by atoms with Crippen molar-refractivity contribution in [1.82, 2.24) is 5.32 Å². The van der Waals surface area contributed by atoms with Gasteiger partial charge in [-0.2, -0.15) is 11.8 Å². The van der Waals surface area contributed by atoms with Crippen LogP contribution in [0.5, 0.6) is 5.75 Å². The zero-order valence-electron chi connectivity index (χ0n) is 10.8. The number of thioether (sulfide) groups is 1. The largest absolute Gasteiger partial charge is 0.493 e. The van der Waals surface area contributed by atoms with Crippen molar-refractivity contribution in [2.45, 2.75) is 31.6 Å². The highest BCUT2D eigenvalue weighted by Crippen LogP contribution is 2.34. The van der Waals surface area contributed by atoms with Gasteiger partial charge in [-0.15, -0.1) is 0 Å². The molecule has 0 bridgehead atoms. The first-order chi connectivity index (χ1) is 8.22. The lowest BCUT2D eigenvalue weighted by Crippen LogP contribution is -2.20. The first-order valence-electron chi connectivity index (χ1n) is 6.26. The van der Waals surface area contributed by atoms with Crippen LogP contribution in [0.3, 0.4) is 0 Å². The van der Waals surface area contributed by atoms with Crippen molar-refractivity contribution in [1.29, 1.82) is 0 Å². The van der Waals surface area contributed by atoms with Crippen molar-refractivity contribution in [3.8, 4) is 5.75 Å². The van der Waals surface area contributed by atoms with Gasteiger partial charge in [-0.05, 0) is 17.9 Å². The summed E-state index contributed by atoms with van der Waals surface area (Å²) in [6, 6.07) is 6.89. The summed E-state index contributed by atoms with van der Waals surface area (Å²) in [5.74, 6) is 2.21. The molecule has 2 nitrogen and oxygen atoms in total. The van der Waals surface area contributed by atoms with E-state index in [9.17, 15) is 0 Å². The number of ether oxygens (including phenoxy) is 1. The molecule has 0 fully saturated rings. The fourth-order valence-corrected chi connectivity index (χ4v) is 3.06. The highest BCUT2D eigenvalue weighted by Gasteiger charge is 2.21. The van der Waals surface area contributed by atoms with Crippen LogP contribution in [0.15, 0.2) is 18.2 Å². The molecule has 1 N–H and O–H groups in total. The van der Waals surface area contributed by atoms with Gasteiger partial charge < -0.3 is 10.1 Å². The van der Waals surface area contributed by atoms with Gasteiger partial charge in [-0.1, -0.05) is 32.0 Å². The van der Waals surface area contributed by atoms with E-state index >= 15 is 0 Å². The SMILES string of the molecule is CNC(CSC(C)C)c1cccc2c1OCC2. The summed E-state index contributed by atoms with van der Waals surface area (Å²) >= 11 is 1.99. The number of rotatable bonds is 5. The van der Waals surface area contributed by atoms with E-state index in [1.165, 1.54) is 11.1 Å². The zero-order chi connectivity index (χ0) is 12.3. The van der Waals surface area contributed by atoms with Crippen molar-refractivity contribution >= 4 is 11.8 Å². The third-order valence-corrected chi connectivity index (χ3v) is 4.26. The average molecular weight is 251 g/mol. The van der Waals surface area contributed by atoms with Crippen molar-refractivity contribution in [2.24, 2.45) is 0 Å². The van der Waals surface area contributed by atoms with E-state index in [-0.39, 0.29) is 0 Å². The van der Waals surface area contributed by atoms with E-state index in [1.54, 1.807) is 0 Å². The molecule has 0 spiro atoms. The Balaban J connectivity index is 2.16. The van der Waals surface area contributed by atoms with Gasteiger partial charge >= 0.3 is 0 Å². The molecule has 0 saturated heterocycles. The number of para-hydroxylation sites is 1. The first-order valence-corrected chi connectivity index (χ1v) is 7.30. The number of hydrogen-bond donors (Lipinski definition) is 1. The van der Waals surface area contributed by atoms with Crippen molar-refractivity contribution < 1.29 is 4.74 Å². The normalized spacial score (nSPS) is 15.8. The number of nitrogens with one attached hydrogen (secondary N) is 1. The van der Waals surface area contributed by atoms with Gasteiger partial charge in [0.25, 0.3) is 0 Å². The van der Waals surface area contributed by atoms with Crippen LogP contribution < -0.4 is 10.1 Å². The molecule has 1 unspecified atom stereocenters. The molecule has 1 aromatic rings. The molecule has 94 valence electrons. The molecule has 1 atom stereocenters. The maximum atomic E-state index is 5.77. The van der Waals surface area contributed by atoms with Gasteiger partial charge in [0.15, 0.2) is 0 Å². The Labute approximate surface area is 108 Å². The number of benzene rings is 1. The Morgan fingerprint density at radius 1 is 1.41 bits per heavy atom. The minimum atomic E-state index is 0.385. The highest BCUT2D eigenvalue weighted by atomic mass is 32.2. The van der Waals surface area contributed by atoms with Gasteiger partial charge in [-0.3, -0.25) is 0 Å². The van der Waals surface area contributed by atoms with Crippen molar-refractivity contribution in [3.63, 3.8) is 0 Å². The minimum Gasteiger partial charge on any atom is -0.493 e. The summed E-state index contributed by atoms with van der Waals surface area (Å²) in [4.78, 5) is 0. The van der Waals surface area contributed by atoms with Gasteiger partial charge in [0, 0.05) is 23.8 Å². The lowest BCUT2D eigenvalue weighted by molar-refractivity contribution is 0.350. The maximum absolute atomic E-state index is 5.77. The van der Waals surface area contributed by atoms with E-state index in [4.69, 9.17) is 4.74 Å². The minimum absolute atomic E-state index is 0.385. The monoisotopic (exact) mass is 251 g/mol. The lowest BCUT2D eigenvalue weighted by Gasteiger charge is -2.19. The van der Waals surface area contributed by atoms with Crippen LogP contribution in [-0.2, 0) is 6.42 Å². The molecule has 2 rings (SSSR count). The van der Waals surface area contributed by atoms with Crippen LogP contribution in [0.2, 0.25) is 0 Å². The molecular formula is C14H21NOS. The Morgan fingerprint density at radius 3 is 2.94 bits per heavy atom. The third kappa shape index (κ3) is 2.96. The van der Waals surface area contributed by atoms with Crippen LogP contribution in [0.4, 0.5) is 0 Å². The maximum Gasteiger partial charge on any atom is 0.127 e. The van der Waals surface area contributed by atoms with E-state index in [0.29, 0.717) is 11.3 Å². The molecule has 0 aromatic heterocycles. The fourth-order valence-electron chi connectivity index (χ4n) is 2.13. The Morgan fingerprint density at radius 2 is 2.24 bits per heavy atom. The van der Waals surface area contributed by atoms with Gasteiger partial charge in [-0.25, -0.2) is 0 Å². The number of fused-ring (bicyclic) bond motifs is 1. The van der Waals surface area contributed by atoms with Crippen LogP contribution in [-0.4, -0.2) is 24.7 Å². The summed E-state index contributed by atoms with van der Waals surface area (Å²) in [7, 11) is 2.03. The molecule has 1 aliphatic heterocycles. The molecular weight excluding hydrogens is 230 g/mol. The summed E-state index contributed by atoms with van der Waals surface area (Å²) in [6.45, 7) is 5.31. The van der Waals surface area contributed by atoms with E-state index in [1.807, 2.05) is 18.8 Å². The Bertz CT molecular complexity index is 378. The van der Waals surface area contributed by atoms with Gasteiger partial charge in [0.2, 0.25) is 0 Å².